The lowest BCUT2D eigenvalue weighted by Crippen LogP contribution is -2.33. The van der Waals surface area contributed by atoms with Crippen molar-refractivity contribution in [3.8, 4) is 44.8 Å². The van der Waals surface area contributed by atoms with Gasteiger partial charge in [0.2, 0.25) is 0 Å². The van der Waals surface area contributed by atoms with Crippen molar-refractivity contribution in [2.24, 2.45) is 0 Å². The molecule has 1 atom stereocenters. The van der Waals surface area contributed by atoms with Crippen LogP contribution in [-0.4, -0.2) is 9.13 Å². The zero-order valence-corrected chi connectivity index (χ0v) is 47.4. The molecule has 3 heterocycles. The van der Waals surface area contributed by atoms with Crippen LogP contribution in [0.2, 0.25) is 0 Å². The maximum Gasteiger partial charge on any atom is 0.0755 e. The van der Waals surface area contributed by atoms with Gasteiger partial charge in [-0.1, -0.05) is 249 Å². The molecule has 0 bridgehead atoms. The van der Waals surface area contributed by atoms with Gasteiger partial charge in [0.15, 0.2) is 0 Å². The van der Waals surface area contributed by atoms with Gasteiger partial charge in [0.1, 0.15) is 0 Å². The molecule has 2 aromatic heterocycles. The lowest BCUT2D eigenvalue weighted by atomic mass is 9.65. The fraction of sp³-hybridized carbons (Fsp3) is 0.0238. The van der Waals surface area contributed by atoms with Gasteiger partial charge < -0.3 is 14.0 Å². The van der Waals surface area contributed by atoms with E-state index < -0.39 is 10.8 Å². The zero-order chi connectivity index (χ0) is 57.0. The van der Waals surface area contributed by atoms with Crippen molar-refractivity contribution in [1.29, 1.82) is 0 Å². The van der Waals surface area contributed by atoms with E-state index in [0.29, 0.717) is 0 Å². The molecule has 2 aliphatic carbocycles. The molecular weight excluding hydrogens is 1050 g/mol. The Labute approximate surface area is 504 Å². The zero-order valence-electron chi connectivity index (χ0n) is 47.4. The Kier molecular flexibility index (Phi) is 10.0. The molecule has 0 saturated carbocycles. The van der Waals surface area contributed by atoms with E-state index in [9.17, 15) is 0 Å². The molecule has 0 fully saturated rings. The molecule has 16 aromatic rings. The van der Waals surface area contributed by atoms with E-state index in [0.717, 1.165) is 28.3 Å². The summed E-state index contributed by atoms with van der Waals surface area (Å²) in [6.45, 7) is 0. The first-order chi connectivity index (χ1) is 43.2. The van der Waals surface area contributed by atoms with Gasteiger partial charge in [0, 0.05) is 44.3 Å². The van der Waals surface area contributed by atoms with E-state index in [1.807, 2.05) is 0 Å². The highest BCUT2D eigenvalue weighted by atomic mass is 15.1. The van der Waals surface area contributed by atoms with Crippen LogP contribution in [0.25, 0.3) is 99.1 Å². The van der Waals surface area contributed by atoms with Crippen LogP contribution in [0.3, 0.4) is 0 Å². The van der Waals surface area contributed by atoms with Crippen molar-refractivity contribution >= 4 is 71.4 Å². The molecule has 3 heteroatoms. The number of hydrogen-bond donors (Lipinski definition) is 0. The van der Waals surface area contributed by atoms with Crippen molar-refractivity contribution in [2.45, 2.75) is 10.8 Å². The molecule has 404 valence electrons. The summed E-state index contributed by atoms with van der Waals surface area (Å²) in [4.78, 5) is 2.53. The Hall–Kier alpha value is -11.3. The lowest BCUT2D eigenvalue weighted by molar-refractivity contribution is 0.748. The van der Waals surface area contributed by atoms with Crippen molar-refractivity contribution in [3.63, 3.8) is 0 Å². The summed E-state index contributed by atoms with van der Waals surface area (Å²) < 4.78 is 4.95. The van der Waals surface area contributed by atoms with Gasteiger partial charge in [-0.2, -0.15) is 0 Å². The van der Waals surface area contributed by atoms with Gasteiger partial charge in [-0.15, -0.1) is 0 Å². The third kappa shape index (κ3) is 6.44. The van der Waals surface area contributed by atoms with Crippen LogP contribution in [0.1, 0.15) is 44.5 Å². The van der Waals surface area contributed by atoms with Gasteiger partial charge >= 0.3 is 0 Å². The number of rotatable bonds is 7. The normalized spacial score (nSPS) is 14.8. The molecule has 0 saturated heterocycles. The Morgan fingerprint density at radius 3 is 1.54 bits per heavy atom. The molecule has 0 amide bonds. The van der Waals surface area contributed by atoms with Crippen LogP contribution in [0.4, 0.5) is 17.1 Å². The lowest BCUT2D eigenvalue weighted by Gasteiger charge is -2.40. The molecular formula is C84H53N3. The van der Waals surface area contributed by atoms with Crippen LogP contribution in [0, 0.1) is 0 Å². The standard InChI is InChI=1S/C84H53N3/c1-4-22-57(23-5-1)83(58-24-6-2-7-25-58)73-50-42-55-21-10-11-28-63(55)81(73)70-49-46-62(53-76(70)83)85(60-43-39-54(40-44-60)56-41-47-68-66-30-13-17-36-77(66)86(80(68)51-56)59-26-8-3-9-27-59)61-45-48-65-64-29-12-15-33-71(64)84(75(65)52-61)72-34-16-19-38-79(72)87-78-37-18-14-31-67(78)69-32-20-35-74(84)82(69)87/h1-53H. The van der Waals surface area contributed by atoms with E-state index in [1.54, 1.807) is 0 Å². The molecule has 3 nitrogen and oxygen atoms in total. The fourth-order valence-corrected chi connectivity index (χ4v) is 16.3. The predicted octanol–water partition coefficient (Wildman–Crippen LogP) is 21.2. The maximum atomic E-state index is 2.55. The predicted molar refractivity (Wildman–Crippen MR) is 361 cm³/mol. The Morgan fingerprint density at radius 1 is 0.264 bits per heavy atom. The first-order valence-electron chi connectivity index (χ1n) is 30.3. The minimum Gasteiger partial charge on any atom is -0.310 e. The Balaban J connectivity index is 0.868. The summed E-state index contributed by atoms with van der Waals surface area (Å²) in [5.74, 6) is 0. The van der Waals surface area contributed by atoms with Gasteiger partial charge in [-0.25, -0.2) is 0 Å². The number of benzene rings is 14. The van der Waals surface area contributed by atoms with E-state index in [2.05, 4.69) is 336 Å². The minimum absolute atomic E-state index is 0.629. The molecule has 0 radical (unpaired) electrons. The molecule has 19 rings (SSSR count). The first-order valence-corrected chi connectivity index (χ1v) is 30.3. The molecule has 1 spiro atoms. The van der Waals surface area contributed by atoms with Gasteiger partial charge in [0.25, 0.3) is 0 Å². The van der Waals surface area contributed by atoms with E-state index in [-0.39, 0.29) is 0 Å². The Bertz CT molecular complexity index is 5480. The number of anilines is 3. The highest BCUT2D eigenvalue weighted by molar-refractivity contribution is 6.14. The molecule has 0 N–H and O–H groups in total. The highest BCUT2D eigenvalue weighted by Gasteiger charge is 2.52. The van der Waals surface area contributed by atoms with Crippen LogP contribution in [0.15, 0.2) is 322 Å². The summed E-state index contributed by atoms with van der Waals surface area (Å²) in [5, 5.41) is 7.52. The smallest absolute Gasteiger partial charge is 0.0755 e. The Morgan fingerprint density at radius 2 is 0.793 bits per heavy atom. The quantitative estimate of drug-likeness (QED) is 0.155. The maximum absolute atomic E-state index is 2.55. The fourth-order valence-electron chi connectivity index (χ4n) is 16.3. The number of hydrogen-bond acceptors (Lipinski definition) is 1. The first kappa shape index (κ1) is 48.1. The van der Waals surface area contributed by atoms with Gasteiger partial charge in [-0.05, 0) is 161 Å². The summed E-state index contributed by atoms with van der Waals surface area (Å²) in [6, 6.07) is 121. The second kappa shape index (κ2) is 18.1. The third-order valence-electron chi connectivity index (χ3n) is 19.8. The van der Waals surface area contributed by atoms with Crippen LogP contribution in [0.5, 0.6) is 0 Å². The third-order valence-corrected chi connectivity index (χ3v) is 19.8. The van der Waals surface area contributed by atoms with Crippen LogP contribution < -0.4 is 4.90 Å². The summed E-state index contributed by atoms with van der Waals surface area (Å²) in [5.41, 5.74) is 26.8. The number of nitrogens with zero attached hydrogens (tertiary/aromatic N) is 3. The van der Waals surface area contributed by atoms with E-state index in [4.69, 9.17) is 0 Å². The van der Waals surface area contributed by atoms with Crippen LogP contribution in [-0.2, 0) is 10.8 Å². The van der Waals surface area contributed by atoms with Crippen molar-refractivity contribution in [1.82, 2.24) is 9.13 Å². The highest BCUT2D eigenvalue weighted by Crippen LogP contribution is 2.63. The number of aromatic nitrogens is 2. The van der Waals surface area contributed by atoms with Crippen molar-refractivity contribution in [3.05, 3.63) is 366 Å². The van der Waals surface area contributed by atoms with E-state index >= 15 is 0 Å². The SMILES string of the molecule is c1ccc(-n2c3ccccc3c3ccc(-c4ccc(N(c5ccc6c(c5)C(c5ccccc5)(c5ccccc5)c5ccc7ccccc7c5-6)c5ccc6c(c5)C5(c7ccccc7-6)c6ccccc6-n6c7ccccc7c7cccc5c76)cc4)cc32)cc1. The molecule has 1 unspecified atom stereocenters. The summed E-state index contributed by atoms with van der Waals surface area (Å²) in [7, 11) is 0. The van der Waals surface area contributed by atoms with Gasteiger partial charge in [0.05, 0.1) is 38.6 Å². The van der Waals surface area contributed by atoms with E-state index in [1.165, 1.54) is 132 Å². The molecule has 87 heavy (non-hydrogen) atoms. The second-order valence-electron chi connectivity index (χ2n) is 23.8. The number of fused-ring (bicyclic) bond motifs is 20. The minimum atomic E-state index is -0.630. The summed E-state index contributed by atoms with van der Waals surface area (Å²) >= 11 is 0. The summed E-state index contributed by atoms with van der Waals surface area (Å²) in [6.07, 6.45) is 0. The average molecular weight is 1100 g/mol. The topological polar surface area (TPSA) is 13.1 Å². The number of para-hydroxylation sites is 5. The van der Waals surface area contributed by atoms with Crippen molar-refractivity contribution < 1.29 is 0 Å². The second-order valence-corrected chi connectivity index (χ2v) is 23.8. The molecule has 14 aromatic carbocycles. The largest absolute Gasteiger partial charge is 0.310 e. The molecule has 3 aliphatic rings. The van der Waals surface area contributed by atoms with Gasteiger partial charge in [-0.3, -0.25) is 0 Å². The molecule has 1 aliphatic heterocycles. The monoisotopic (exact) mass is 1100 g/mol. The van der Waals surface area contributed by atoms with Crippen molar-refractivity contribution in [2.75, 3.05) is 4.90 Å². The average Bonchev–Trinajstić information content (AvgIpc) is 1.56. The van der Waals surface area contributed by atoms with Crippen LogP contribution >= 0.6 is 0 Å².